The first-order chi connectivity index (χ1) is 12.3. The van der Waals surface area contributed by atoms with Gasteiger partial charge in [0.25, 0.3) is 0 Å². The van der Waals surface area contributed by atoms with E-state index >= 15 is 0 Å². The average Bonchev–Trinajstić information content (AvgIpc) is 2.60. The minimum absolute atomic E-state index is 0.0621. The molecule has 4 heteroatoms. The predicted octanol–water partition coefficient (Wildman–Crippen LogP) is 4.76. The fourth-order valence-corrected chi connectivity index (χ4v) is 2.37. The number of amides is 1. The summed E-state index contributed by atoms with van der Waals surface area (Å²) in [4.78, 5) is 24.1. The lowest BCUT2D eigenvalue weighted by atomic mass is 9.87. The number of carbonyl (C=O) groups excluding carboxylic acids is 2. The Kier molecular flexibility index (Phi) is 6.34. The molecule has 2 aromatic rings. The minimum atomic E-state index is -0.340. The normalized spacial score (nSPS) is 11.4. The molecule has 4 nitrogen and oxygen atoms in total. The number of hydrogen-bond acceptors (Lipinski definition) is 3. The number of ether oxygens (including phenoxy) is 1. The molecule has 0 fully saturated rings. The minimum Gasteiger partial charge on any atom is -0.494 e. The summed E-state index contributed by atoms with van der Waals surface area (Å²) in [6.45, 7) is 8.88. The third-order valence-electron chi connectivity index (χ3n) is 3.85. The molecule has 1 amide bonds. The van der Waals surface area contributed by atoms with Gasteiger partial charge in [-0.3, -0.25) is 9.59 Å². The van der Waals surface area contributed by atoms with Crippen LogP contribution in [0.15, 0.2) is 60.7 Å². The van der Waals surface area contributed by atoms with Gasteiger partial charge in [-0.05, 0) is 60.4 Å². The van der Waals surface area contributed by atoms with E-state index in [4.69, 9.17) is 4.74 Å². The second-order valence-corrected chi connectivity index (χ2v) is 6.97. The summed E-state index contributed by atoms with van der Waals surface area (Å²) in [5.41, 5.74) is 2.46. The van der Waals surface area contributed by atoms with Crippen molar-refractivity contribution in [3.63, 3.8) is 0 Å². The molecule has 0 radical (unpaired) electrons. The number of carbonyl (C=O) groups is 2. The smallest absolute Gasteiger partial charge is 0.248 e. The Morgan fingerprint density at radius 2 is 1.58 bits per heavy atom. The van der Waals surface area contributed by atoms with Gasteiger partial charge in [-0.15, -0.1) is 0 Å². The molecule has 2 aromatic carbocycles. The van der Waals surface area contributed by atoms with Crippen LogP contribution in [0.2, 0.25) is 0 Å². The highest BCUT2D eigenvalue weighted by Gasteiger charge is 2.13. The number of hydrogen-bond donors (Lipinski definition) is 1. The second kappa shape index (κ2) is 8.48. The number of rotatable bonds is 6. The molecule has 0 unspecified atom stereocenters. The van der Waals surface area contributed by atoms with E-state index in [2.05, 4.69) is 26.1 Å². The third kappa shape index (κ3) is 5.59. The monoisotopic (exact) mass is 351 g/mol. The Hall–Kier alpha value is -2.88. The van der Waals surface area contributed by atoms with Gasteiger partial charge in [0.15, 0.2) is 5.78 Å². The molecule has 0 aliphatic heterocycles. The molecular formula is C22H25NO3. The van der Waals surface area contributed by atoms with E-state index < -0.39 is 0 Å². The SMILES string of the molecule is CCOc1ccc(C(=O)C=CC(=O)Nc2ccc(C(C)(C)C)cc2)cc1. The predicted molar refractivity (Wildman–Crippen MR) is 105 cm³/mol. The van der Waals surface area contributed by atoms with Crippen LogP contribution in [0.1, 0.15) is 43.6 Å². The van der Waals surface area contributed by atoms with Gasteiger partial charge in [0, 0.05) is 17.3 Å². The summed E-state index contributed by atoms with van der Waals surface area (Å²) in [5, 5.41) is 2.76. The maximum absolute atomic E-state index is 12.1. The number of allylic oxidation sites excluding steroid dienone is 1. The molecule has 136 valence electrons. The molecule has 0 aliphatic carbocycles. The zero-order valence-electron chi connectivity index (χ0n) is 15.7. The van der Waals surface area contributed by atoms with E-state index in [1.807, 2.05) is 31.2 Å². The summed E-state index contributed by atoms with van der Waals surface area (Å²) >= 11 is 0. The molecule has 1 N–H and O–H groups in total. The molecule has 0 aromatic heterocycles. The quantitative estimate of drug-likeness (QED) is 0.603. The van der Waals surface area contributed by atoms with Crippen LogP contribution in [0.5, 0.6) is 5.75 Å². The van der Waals surface area contributed by atoms with Crippen LogP contribution in [0.25, 0.3) is 0 Å². The van der Waals surface area contributed by atoms with Crippen molar-refractivity contribution in [2.75, 3.05) is 11.9 Å². The fourth-order valence-electron chi connectivity index (χ4n) is 2.37. The Morgan fingerprint density at radius 1 is 0.962 bits per heavy atom. The molecule has 2 rings (SSSR count). The Morgan fingerprint density at radius 3 is 2.12 bits per heavy atom. The van der Waals surface area contributed by atoms with Crippen LogP contribution in [-0.4, -0.2) is 18.3 Å². The van der Waals surface area contributed by atoms with Crippen LogP contribution < -0.4 is 10.1 Å². The van der Waals surface area contributed by atoms with E-state index in [0.29, 0.717) is 23.6 Å². The first kappa shape index (κ1) is 19.4. The van der Waals surface area contributed by atoms with Gasteiger partial charge in [-0.2, -0.15) is 0 Å². The highest BCUT2D eigenvalue weighted by Crippen LogP contribution is 2.23. The van der Waals surface area contributed by atoms with Crippen molar-refractivity contribution in [1.82, 2.24) is 0 Å². The Labute approximate surface area is 154 Å². The largest absolute Gasteiger partial charge is 0.494 e. The van der Waals surface area contributed by atoms with E-state index in [0.717, 1.165) is 0 Å². The number of benzene rings is 2. The molecule has 0 saturated heterocycles. The van der Waals surface area contributed by atoms with Crippen LogP contribution in [0.4, 0.5) is 5.69 Å². The van der Waals surface area contributed by atoms with E-state index in [1.54, 1.807) is 24.3 Å². The van der Waals surface area contributed by atoms with Crippen LogP contribution in [0, 0.1) is 0 Å². The van der Waals surface area contributed by atoms with E-state index in [-0.39, 0.29) is 17.1 Å². The number of anilines is 1. The van der Waals surface area contributed by atoms with Gasteiger partial charge in [-0.25, -0.2) is 0 Å². The summed E-state index contributed by atoms with van der Waals surface area (Å²) in [7, 11) is 0. The highest BCUT2D eigenvalue weighted by atomic mass is 16.5. The standard InChI is InChI=1S/C22H25NO3/c1-5-26-19-12-6-16(7-13-19)20(24)14-15-21(25)23-18-10-8-17(9-11-18)22(2,3)4/h6-15H,5H2,1-4H3,(H,23,25). The van der Waals surface area contributed by atoms with Gasteiger partial charge in [0.2, 0.25) is 5.91 Å². The summed E-state index contributed by atoms with van der Waals surface area (Å²) in [6.07, 6.45) is 2.52. The Bertz CT molecular complexity index is 782. The molecular weight excluding hydrogens is 326 g/mol. The van der Waals surface area contributed by atoms with Crippen molar-refractivity contribution < 1.29 is 14.3 Å². The average molecular weight is 351 g/mol. The molecule has 0 atom stereocenters. The first-order valence-electron chi connectivity index (χ1n) is 8.66. The van der Waals surface area contributed by atoms with Gasteiger partial charge >= 0.3 is 0 Å². The lowest BCUT2D eigenvalue weighted by Gasteiger charge is -2.19. The second-order valence-electron chi connectivity index (χ2n) is 6.97. The van der Waals surface area contributed by atoms with Crippen molar-refractivity contribution in [3.8, 4) is 5.75 Å². The van der Waals surface area contributed by atoms with Gasteiger partial charge < -0.3 is 10.1 Å². The highest BCUT2D eigenvalue weighted by molar-refractivity contribution is 6.09. The Balaban J connectivity index is 1.95. The number of ketones is 1. The molecule has 0 spiro atoms. The molecule has 0 heterocycles. The van der Waals surface area contributed by atoms with Crippen molar-refractivity contribution in [3.05, 3.63) is 71.8 Å². The third-order valence-corrected chi connectivity index (χ3v) is 3.85. The zero-order valence-corrected chi connectivity index (χ0v) is 15.7. The lowest BCUT2D eigenvalue weighted by Crippen LogP contribution is -2.12. The maximum atomic E-state index is 12.1. The summed E-state index contributed by atoms with van der Waals surface area (Å²) in [6, 6.07) is 14.5. The van der Waals surface area contributed by atoms with Crippen molar-refractivity contribution in [1.29, 1.82) is 0 Å². The van der Waals surface area contributed by atoms with Crippen molar-refractivity contribution >= 4 is 17.4 Å². The van der Waals surface area contributed by atoms with Crippen LogP contribution >= 0.6 is 0 Å². The van der Waals surface area contributed by atoms with Crippen molar-refractivity contribution in [2.45, 2.75) is 33.1 Å². The molecule has 0 saturated carbocycles. The van der Waals surface area contributed by atoms with Crippen LogP contribution in [0.3, 0.4) is 0 Å². The molecule has 26 heavy (non-hydrogen) atoms. The van der Waals surface area contributed by atoms with Gasteiger partial charge in [-0.1, -0.05) is 32.9 Å². The topological polar surface area (TPSA) is 55.4 Å². The lowest BCUT2D eigenvalue weighted by molar-refractivity contribution is -0.111. The van der Waals surface area contributed by atoms with E-state index in [1.165, 1.54) is 17.7 Å². The fraction of sp³-hybridized carbons (Fsp3) is 0.273. The van der Waals surface area contributed by atoms with Gasteiger partial charge in [0.1, 0.15) is 5.75 Å². The maximum Gasteiger partial charge on any atom is 0.248 e. The summed E-state index contributed by atoms with van der Waals surface area (Å²) in [5.74, 6) is 0.142. The number of nitrogens with one attached hydrogen (secondary N) is 1. The zero-order chi connectivity index (χ0) is 19.2. The van der Waals surface area contributed by atoms with Crippen LogP contribution in [-0.2, 0) is 10.2 Å². The molecule has 0 bridgehead atoms. The van der Waals surface area contributed by atoms with Gasteiger partial charge in [0.05, 0.1) is 6.61 Å². The van der Waals surface area contributed by atoms with E-state index in [9.17, 15) is 9.59 Å². The first-order valence-corrected chi connectivity index (χ1v) is 8.66. The summed E-state index contributed by atoms with van der Waals surface area (Å²) < 4.78 is 5.34. The molecule has 0 aliphatic rings. The van der Waals surface area contributed by atoms with Crippen molar-refractivity contribution in [2.24, 2.45) is 0 Å².